The van der Waals surface area contributed by atoms with E-state index in [2.05, 4.69) is 10.6 Å². The van der Waals surface area contributed by atoms with Crippen LogP contribution in [-0.4, -0.2) is 49.9 Å². The highest BCUT2D eigenvalue weighted by Gasteiger charge is 2.21. The highest BCUT2D eigenvalue weighted by Crippen LogP contribution is 2.36. The van der Waals surface area contributed by atoms with Crippen LogP contribution in [0.5, 0.6) is 11.5 Å². The third-order valence-electron chi connectivity index (χ3n) is 5.09. The molecule has 2 N–H and O–H groups in total. The maximum absolute atomic E-state index is 12.6. The lowest BCUT2D eigenvalue weighted by Crippen LogP contribution is -2.37. The minimum atomic E-state index is -0.323. The standard InChI is InChI=1S/C23H27N3O5/c1-30-19-14-18(25-23(29)16-9-5-3-6-10-16)20(31-2)13-17(19)24-21(27)15-26-12-8-4-7-11-22(26)28/h3,5-6,9-10,13-14H,4,7-8,11-12,15H2,1-2H3,(H,24,27)(H,25,29). The number of anilines is 2. The minimum absolute atomic E-state index is 0.00355. The van der Waals surface area contributed by atoms with E-state index in [-0.39, 0.29) is 24.3 Å². The number of carbonyl (C=O) groups is 3. The fourth-order valence-corrected chi connectivity index (χ4v) is 3.45. The number of benzene rings is 2. The van der Waals surface area contributed by atoms with Gasteiger partial charge >= 0.3 is 0 Å². The molecule has 1 saturated heterocycles. The number of hydrogen-bond acceptors (Lipinski definition) is 5. The monoisotopic (exact) mass is 425 g/mol. The van der Waals surface area contributed by atoms with Crippen LogP contribution < -0.4 is 20.1 Å². The molecule has 3 amide bonds. The first-order valence-corrected chi connectivity index (χ1v) is 10.2. The molecule has 1 aliphatic rings. The number of hydrogen-bond donors (Lipinski definition) is 2. The summed E-state index contributed by atoms with van der Waals surface area (Å²) in [5.74, 6) is 0.108. The van der Waals surface area contributed by atoms with E-state index in [0.717, 1.165) is 19.3 Å². The maximum atomic E-state index is 12.6. The number of nitrogens with one attached hydrogen (secondary N) is 2. The summed E-state index contributed by atoms with van der Waals surface area (Å²) >= 11 is 0. The van der Waals surface area contributed by atoms with Crippen LogP contribution in [0.3, 0.4) is 0 Å². The lowest BCUT2D eigenvalue weighted by atomic mass is 10.2. The van der Waals surface area contributed by atoms with Gasteiger partial charge in [0.05, 0.1) is 32.1 Å². The maximum Gasteiger partial charge on any atom is 0.255 e. The molecule has 1 heterocycles. The second-order valence-electron chi connectivity index (χ2n) is 7.25. The second-order valence-corrected chi connectivity index (χ2v) is 7.25. The fraction of sp³-hybridized carbons (Fsp3) is 0.348. The summed E-state index contributed by atoms with van der Waals surface area (Å²) in [5.41, 5.74) is 1.31. The Bertz CT molecular complexity index is 946. The van der Waals surface area contributed by atoms with Gasteiger partial charge in [0.1, 0.15) is 11.5 Å². The Labute approximate surface area is 181 Å². The molecule has 164 valence electrons. The molecule has 1 aliphatic heterocycles. The molecule has 2 aromatic carbocycles. The summed E-state index contributed by atoms with van der Waals surface area (Å²) in [7, 11) is 2.94. The van der Waals surface area contributed by atoms with E-state index < -0.39 is 0 Å². The van der Waals surface area contributed by atoms with E-state index in [9.17, 15) is 14.4 Å². The van der Waals surface area contributed by atoms with E-state index in [1.807, 2.05) is 6.07 Å². The van der Waals surface area contributed by atoms with Crippen LogP contribution in [0.1, 0.15) is 36.0 Å². The average Bonchev–Trinajstić information content (AvgIpc) is 2.98. The molecule has 2 aromatic rings. The van der Waals surface area contributed by atoms with Crippen molar-refractivity contribution in [3.63, 3.8) is 0 Å². The van der Waals surface area contributed by atoms with E-state index in [1.54, 1.807) is 41.3 Å². The van der Waals surface area contributed by atoms with Crippen molar-refractivity contribution in [1.82, 2.24) is 4.90 Å². The van der Waals surface area contributed by atoms with Crippen LogP contribution in [0.25, 0.3) is 0 Å². The van der Waals surface area contributed by atoms with Gasteiger partial charge in [-0.15, -0.1) is 0 Å². The molecule has 0 bridgehead atoms. The molecule has 0 spiro atoms. The number of methoxy groups -OCH3 is 2. The van der Waals surface area contributed by atoms with Crippen LogP contribution in [0.2, 0.25) is 0 Å². The topological polar surface area (TPSA) is 97.0 Å². The highest BCUT2D eigenvalue weighted by molar-refractivity contribution is 6.05. The molecule has 0 unspecified atom stereocenters. The van der Waals surface area contributed by atoms with Gasteiger partial charge in [-0.3, -0.25) is 14.4 Å². The molecule has 8 nitrogen and oxygen atoms in total. The first-order chi connectivity index (χ1) is 15.0. The molecule has 0 aromatic heterocycles. The number of amides is 3. The van der Waals surface area contributed by atoms with Crippen molar-refractivity contribution >= 4 is 29.1 Å². The van der Waals surface area contributed by atoms with Crippen LogP contribution in [0, 0.1) is 0 Å². The third-order valence-corrected chi connectivity index (χ3v) is 5.09. The lowest BCUT2D eigenvalue weighted by Gasteiger charge is -2.21. The van der Waals surface area contributed by atoms with E-state index in [1.165, 1.54) is 14.2 Å². The molecule has 0 saturated carbocycles. The van der Waals surface area contributed by atoms with Gasteiger partial charge in [-0.1, -0.05) is 24.6 Å². The molecule has 3 rings (SSSR count). The van der Waals surface area contributed by atoms with Gasteiger partial charge in [0.25, 0.3) is 5.91 Å². The molecule has 0 radical (unpaired) electrons. The predicted octanol–water partition coefficient (Wildman–Crippen LogP) is 3.30. The smallest absolute Gasteiger partial charge is 0.255 e. The minimum Gasteiger partial charge on any atom is -0.494 e. The Morgan fingerprint density at radius 1 is 0.935 bits per heavy atom. The van der Waals surface area contributed by atoms with Crippen molar-refractivity contribution in [2.45, 2.75) is 25.7 Å². The van der Waals surface area contributed by atoms with E-state index in [0.29, 0.717) is 41.4 Å². The second kappa shape index (κ2) is 10.5. The number of nitrogens with zero attached hydrogens (tertiary/aromatic N) is 1. The van der Waals surface area contributed by atoms with Crippen molar-refractivity contribution < 1.29 is 23.9 Å². The molecule has 31 heavy (non-hydrogen) atoms. The molecule has 8 heteroatoms. The van der Waals surface area contributed by atoms with Crippen molar-refractivity contribution in [3.8, 4) is 11.5 Å². The summed E-state index contributed by atoms with van der Waals surface area (Å²) < 4.78 is 10.8. The van der Waals surface area contributed by atoms with Crippen molar-refractivity contribution in [2.75, 3.05) is 37.9 Å². The van der Waals surface area contributed by atoms with Gasteiger partial charge in [0.2, 0.25) is 11.8 Å². The number of likely N-dealkylation sites (tertiary alicyclic amines) is 1. The van der Waals surface area contributed by atoms with Gasteiger partial charge in [0.15, 0.2) is 0 Å². The molecular weight excluding hydrogens is 398 g/mol. The molecule has 1 fully saturated rings. The summed E-state index contributed by atoms with van der Waals surface area (Å²) in [5, 5.41) is 5.59. The largest absolute Gasteiger partial charge is 0.494 e. The Balaban J connectivity index is 1.75. The first kappa shape index (κ1) is 22.1. The third kappa shape index (κ3) is 5.75. The van der Waals surface area contributed by atoms with Gasteiger partial charge in [0, 0.05) is 30.7 Å². The van der Waals surface area contributed by atoms with Gasteiger partial charge in [-0.05, 0) is 25.0 Å². The SMILES string of the molecule is COc1cc(NC(=O)c2ccccc2)c(OC)cc1NC(=O)CN1CCCCCC1=O. The number of carbonyl (C=O) groups excluding carboxylic acids is 3. The predicted molar refractivity (Wildman–Crippen MR) is 118 cm³/mol. The summed E-state index contributed by atoms with van der Waals surface area (Å²) in [6.45, 7) is 0.563. The van der Waals surface area contributed by atoms with Crippen molar-refractivity contribution in [2.24, 2.45) is 0 Å². The van der Waals surface area contributed by atoms with Crippen LogP contribution in [0.15, 0.2) is 42.5 Å². The molecular formula is C23H27N3O5. The summed E-state index contributed by atoms with van der Waals surface area (Å²) in [4.78, 5) is 38.8. The van der Waals surface area contributed by atoms with Crippen LogP contribution >= 0.6 is 0 Å². The number of rotatable bonds is 7. The Morgan fingerprint density at radius 2 is 1.58 bits per heavy atom. The Kier molecular flexibility index (Phi) is 7.48. The summed E-state index contributed by atoms with van der Waals surface area (Å²) in [6.07, 6.45) is 3.22. The average molecular weight is 425 g/mol. The quantitative estimate of drug-likeness (QED) is 0.710. The van der Waals surface area contributed by atoms with Crippen molar-refractivity contribution in [3.05, 3.63) is 48.0 Å². The van der Waals surface area contributed by atoms with E-state index in [4.69, 9.17) is 9.47 Å². The van der Waals surface area contributed by atoms with Gasteiger partial charge in [-0.25, -0.2) is 0 Å². The fourth-order valence-electron chi connectivity index (χ4n) is 3.45. The van der Waals surface area contributed by atoms with Gasteiger partial charge in [-0.2, -0.15) is 0 Å². The molecule has 0 atom stereocenters. The zero-order chi connectivity index (χ0) is 22.2. The lowest BCUT2D eigenvalue weighted by molar-refractivity contribution is -0.134. The number of ether oxygens (including phenoxy) is 2. The van der Waals surface area contributed by atoms with Crippen molar-refractivity contribution in [1.29, 1.82) is 0 Å². The van der Waals surface area contributed by atoms with E-state index >= 15 is 0 Å². The summed E-state index contributed by atoms with van der Waals surface area (Å²) in [6, 6.07) is 12.0. The Hall–Kier alpha value is -3.55. The first-order valence-electron chi connectivity index (χ1n) is 10.2. The van der Waals surface area contributed by atoms with Crippen LogP contribution in [-0.2, 0) is 9.59 Å². The zero-order valence-electron chi connectivity index (χ0n) is 17.8. The molecule has 0 aliphatic carbocycles. The Morgan fingerprint density at radius 3 is 2.23 bits per heavy atom. The van der Waals surface area contributed by atoms with Gasteiger partial charge < -0.3 is 25.0 Å². The highest BCUT2D eigenvalue weighted by atomic mass is 16.5. The zero-order valence-corrected chi connectivity index (χ0v) is 17.8. The normalized spacial score (nSPS) is 13.9. The van der Waals surface area contributed by atoms with Crippen LogP contribution in [0.4, 0.5) is 11.4 Å².